The smallest absolute Gasteiger partial charge is 0.408 e. The Morgan fingerprint density at radius 3 is 2.02 bits per heavy atom. The molecule has 3 atom stereocenters. The molecule has 0 aromatic heterocycles. The number of amides is 3. The van der Waals surface area contributed by atoms with E-state index in [1.165, 1.54) is 17.9 Å². The van der Waals surface area contributed by atoms with Gasteiger partial charge in [0.2, 0.25) is 11.8 Å². The molecule has 9 heteroatoms. The van der Waals surface area contributed by atoms with Crippen LogP contribution >= 0.6 is 0 Å². The third-order valence-corrected chi connectivity index (χ3v) is 6.41. The molecular weight excluding hydrogens is 546 g/mol. The number of carbonyl (C=O) groups excluding carboxylic acids is 4. The minimum Gasteiger partial charge on any atom is -0.458 e. The SMILES string of the molecule is C=CCN(C(=O)C(C)NC(=O)OC(C)(C)C)C(C(=O)NC(Cc1ccccc1)C(=O)OC(C)(C)C)c1ccc(C)c(C)c1. The van der Waals surface area contributed by atoms with E-state index in [4.69, 9.17) is 9.47 Å². The summed E-state index contributed by atoms with van der Waals surface area (Å²) in [6, 6.07) is 11.6. The van der Waals surface area contributed by atoms with E-state index in [1.54, 1.807) is 47.6 Å². The van der Waals surface area contributed by atoms with Crippen LogP contribution in [0.15, 0.2) is 61.2 Å². The number of nitrogens with zero attached hydrogens (tertiary/aromatic N) is 1. The minimum absolute atomic E-state index is 0.0000278. The number of benzene rings is 2. The Balaban J connectivity index is 2.52. The van der Waals surface area contributed by atoms with Gasteiger partial charge in [-0.1, -0.05) is 54.6 Å². The zero-order chi connectivity index (χ0) is 32.5. The van der Waals surface area contributed by atoms with Crippen molar-refractivity contribution in [3.8, 4) is 0 Å². The molecule has 0 saturated carbocycles. The first-order valence-electron chi connectivity index (χ1n) is 14.5. The van der Waals surface area contributed by atoms with Crippen LogP contribution in [0.1, 0.15) is 76.8 Å². The number of nitrogens with one attached hydrogen (secondary N) is 2. The number of aryl methyl sites for hydroxylation is 2. The van der Waals surface area contributed by atoms with Crippen molar-refractivity contribution >= 4 is 23.9 Å². The maximum atomic E-state index is 14.2. The van der Waals surface area contributed by atoms with Crippen LogP contribution in [0, 0.1) is 13.8 Å². The zero-order valence-electron chi connectivity index (χ0n) is 26.9. The van der Waals surface area contributed by atoms with Crippen LogP contribution in [-0.4, -0.2) is 58.6 Å². The highest BCUT2D eigenvalue weighted by molar-refractivity contribution is 5.94. The summed E-state index contributed by atoms with van der Waals surface area (Å²) in [5.74, 6) is -1.69. The Hall–Kier alpha value is -4.14. The molecule has 234 valence electrons. The lowest BCUT2D eigenvalue weighted by atomic mass is 9.97. The highest BCUT2D eigenvalue weighted by Crippen LogP contribution is 2.26. The predicted octanol–water partition coefficient (Wildman–Crippen LogP) is 5.34. The van der Waals surface area contributed by atoms with E-state index in [0.717, 1.165) is 16.7 Å². The molecule has 43 heavy (non-hydrogen) atoms. The standard InChI is InChI=1S/C34H47N3O6/c1-11-19-37(30(39)24(4)35-32(41)43-34(8,9)10)28(26-18-17-22(2)23(3)20-26)29(38)36-27(31(40)42-33(5,6)7)21-25-15-13-12-14-16-25/h11-18,20,24,27-28H,1,19,21H2,2-10H3,(H,35,41)(H,36,38). The first kappa shape index (κ1) is 35.1. The molecule has 0 aliphatic heterocycles. The van der Waals surface area contributed by atoms with Crippen molar-refractivity contribution in [2.45, 2.75) is 98.1 Å². The lowest BCUT2D eigenvalue weighted by Crippen LogP contribution is -2.54. The third kappa shape index (κ3) is 11.2. The van der Waals surface area contributed by atoms with Crippen molar-refractivity contribution in [2.24, 2.45) is 0 Å². The molecule has 9 nitrogen and oxygen atoms in total. The van der Waals surface area contributed by atoms with Gasteiger partial charge in [-0.15, -0.1) is 6.58 Å². The Kier molecular flexibility index (Phi) is 12.1. The quantitative estimate of drug-likeness (QED) is 0.269. The molecule has 0 fully saturated rings. The zero-order valence-corrected chi connectivity index (χ0v) is 26.9. The monoisotopic (exact) mass is 593 g/mol. The molecule has 0 bridgehead atoms. The summed E-state index contributed by atoms with van der Waals surface area (Å²) >= 11 is 0. The number of alkyl carbamates (subject to hydrolysis) is 1. The molecule has 2 aromatic carbocycles. The van der Waals surface area contributed by atoms with Crippen molar-refractivity contribution in [3.63, 3.8) is 0 Å². The summed E-state index contributed by atoms with van der Waals surface area (Å²) in [4.78, 5) is 55.2. The molecule has 0 aliphatic carbocycles. The van der Waals surface area contributed by atoms with E-state index in [9.17, 15) is 19.2 Å². The van der Waals surface area contributed by atoms with Crippen molar-refractivity contribution < 1.29 is 28.7 Å². The maximum Gasteiger partial charge on any atom is 0.408 e. The van der Waals surface area contributed by atoms with Crippen LogP contribution in [0.3, 0.4) is 0 Å². The van der Waals surface area contributed by atoms with E-state index in [-0.39, 0.29) is 13.0 Å². The summed E-state index contributed by atoms with van der Waals surface area (Å²) in [6.07, 6.45) is 0.939. The second-order valence-corrected chi connectivity index (χ2v) is 12.7. The van der Waals surface area contributed by atoms with Gasteiger partial charge in [0, 0.05) is 13.0 Å². The van der Waals surface area contributed by atoms with Crippen molar-refractivity contribution in [3.05, 3.63) is 83.4 Å². The van der Waals surface area contributed by atoms with Gasteiger partial charge in [0.1, 0.15) is 29.3 Å². The van der Waals surface area contributed by atoms with Crippen molar-refractivity contribution in [1.29, 1.82) is 0 Å². The van der Waals surface area contributed by atoms with Gasteiger partial charge in [-0.3, -0.25) is 9.59 Å². The fourth-order valence-electron chi connectivity index (χ4n) is 4.33. The van der Waals surface area contributed by atoms with E-state index < -0.39 is 53.2 Å². The van der Waals surface area contributed by atoms with Gasteiger partial charge in [0.25, 0.3) is 0 Å². The van der Waals surface area contributed by atoms with Crippen LogP contribution in [0.25, 0.3) is 0 Å². The van der Waals surface area contributed by atoms with Gasteiger partial charge in [-0.05, 0) is 84.6 Å². The molecule has 0 saturated heterocycles. The van der Waals surface area contributed by atoms with Gasteiger partial charge >= 0.3 is 12.1 Å². The number of hydrogen-bond donors (Lipinski definition) is 2. The number of hydrogen-bond acceptors (Lipinski definition) is 6. The van der Waals surface area contributed by atoms with Gasteiger partial charge in [-0.2, -0.15) is 0 Å². The van der Waals surface area contributed by atoms with E-state index in [1.807, 2.05) is 56.3 Å². The number of rotatable bonds is 11. The normalized spacial score (nSPS) is 13.6. The largest absolute Gasteiger partial charge is 0.458 e. The lowest BCUT2D eigenvalue weighted by Gasteiger charge is -2.34. The van der Waals surface area contributed by atoms with E-state index >= 15 is 0 Å². The second-order valence-electron chi connectivity index (χ2n) is 12.7. The molecule has 0 aliphatic rings. The van der Waals surface area contributed by atoms with Crippen LogP contribution in [-0.2, 0) is 30.3 Å². The molecule has 3 amide bonds. The first-order valence-corrected chi connectivity index (χ1v) is 14.5. The molecule has 0 spiro atoms. The number of carbonyl (C=O) groups is 4. The average molecular weight is 594 g/mol. The summed E-state index contributed by atoms with van der Waals surface area (Å²) in [7, 11) is 0. The first-order chi connectivity index (χ1) is 19.9. The van der Waals surface area contributed by atoms with Gasteiger partial charge in [-0.25, -0.2) is 9.59 Å². The maximum absolute atomic E-state index is 14.2. The summed E-state index contributed by atoms with van der Waals surface area (Å²) in [5.41, 5.74) is 1.77. The summed E-state index contributed by atoms with van der Waals surface area (Å²) in [6.45, 7) is 19.6. The second kappa shape index (κ2) is 14.8. The molecule has 2 rings (SSSR count). The average Bonchev–Trinajstić information content (AvgIpc) is 2.88. The Labute approximate surface area is 256 Å². The molecule has 0 radical (unpaired) electrons. The Morgan fingerprint density at radius 2 is 1.49 bits per heavy atom. The highest BCUT2D eigenvalue weighted by Gasteiger charge is 2.37. The Morgan fingerprint density at radius 1 is 0.884 bits per heavy atom. The fraction of sp³-hybridized carbons (Fsp3) is 0.471. The molecule has 2 aromatic rings. The number of ether oxygens (including phenoxy) is 2. The van der Waals surface area contributed by atoms with Crippen LogP contribution in [0.5, 0.6) is 0 Å². The van der Waals surface area contributed by atoms with Crippen molar-refractivity contribution in [2.75, 3.05) is 6.54 Å². The lowest BCUT2D eigenvalue weighted by molar-refractivity contribution is -0.159. The predicted molar refractivity (Wildman–Crippen MR) is 167 cm³/mol. The van der Waals surface area contributed by atoms with Crippen LogP contribution in [0.2, 0.25) is 0 Å². The van der Waals surface area contributed by atoms with Gasteiger partial charge in [0.15, 0.2) is 0 Å². The Bertz CT molecular complexity index is 1290. The summed E-state index contributed by atoms with van der Waals surface area (Å²) in [5, 5.41) is 5.44. The van der Waals surface area contributed by atoms with E-state index in [2.05, 4.69) is 17.2 Å². The molecule has 2 N–H and O–H groups in total. The molecular formula is C34H47N3O6. The van der Waals surface area contributed by atoms with Crippen LogP contribution in [0.4, 0.5) is 4.79 Å². The van der Waals surface area contributed by atoms with Gasteiger partial charge in [0.05, 0.1) is 0 Å². The van der Waals surface area contributed by atoms with E-state index in [0.29, 0.717) is 5.56 Å². The highest BCUT2D eigenvalue weighted by atomic mass is 16.6. The summed E-state index contributed by atoms with van der Waals surface area (Å²) < 4.78 is 11.0. The number of esters is 1. The van der Waals surface area contributed by atoms with Crippen molar-refractivity contribution in [1.82, 2.24) is 15.5 Å². The van der Waals surface area contributed by atoms with Gasteiger partial charge < -0.3 is 25.0 Å². The molecule has 0 heterocycles. The molecule has 3 unspecified atom stereocenters. The topological polar surface area (TPSA) is 114 Å². The fourth-order valence-corrected chi connectivity index (χ4v) is 4.33. The third-order valence-electron chi connectivity index (χ3n) is 6.41. The van der Waals surface area contributed by atoms with Crippen LogP contribution < -0.4 is 10.6 Å². The minimum atomic E-state index is -1.15.